The minimum Gasteiger partial charge on any atom is -0.443 e. The standard InChI is InChI=1S/C10H19Br2NO2/c1-6-10(5,11)7-13(12)8(14)15-9(2,3)4/h6-7H2,1-5H3. The molecule has 0 heterocycles. The molecule has 0 aliphatic heterocycles. The SMILES string of the molecule is CCC(C)(Br)CN(Br)C(=O)OC(C)(C)C. The van der Waals surface area contributed by atoms with Crippen LogP contribution in [-0.2, 0) is 4.74 Å². The van der Waals surface area contributed by atoms with E-state index in [9.17, 15) is 4.79 Å². The van der Waals surface area contributed by atoms with E-state index < -0.39 is 5.60 Å². The molecule has 0 radical (unpaired) electrons. The summed E-state index contributed by atoms with van der Waals surface area (Å²) in [5.74, 6) is 0. The van der Waals surface area contributed by atoms with Crippen LogP contribution in [0.25, 0.3) is 0 Å². The minimum absolute atomic E-state index is 0.0899. The molecular weight excluding hydrogens is 326 g/mol. The Labute approximate surface area is 109 Å². The molecule has 1 unspecified atom stereocenters. The molecule has 1 atom stereocenters. The Bertz CT molecular complexity index is 224. The number of hydrogen-bond acceptors (Lipinski definition) is 2. The lowest BCUT2D eigenvalue weighted by molar-refractivity contribution is 0.0407. The van der Waals surface area contributed by atoms with E-state index in [1.165, 1.54) is 3.93 Å². The summed E-state index contributed by atoms with van der Waals surface area (Å²) in [7, 11) is 0. The third-order valence-electron chi connectivity index (χ3n) is 1.80. The predicted octanol–water partition coefficient (Wildman–Crippen LogP) is 4.10. The van der Waals surface area contributed by atoms with Crippen molar-refractivity contribution >= 4 is 38.2 Å². The highest BCUT2D eigenvalue weighted by Crippen LogP contribution is 2.25. The van der Waals surface area contributed by atoms with E-state index >= 15 is 0 Å². The summed E-state index contributed by atoms with van der Waals surface area (Å²) in [6.07, 6.45) is 0.569. The van der Waals surface area contributed by atoms with Gasteiger partial charge in [-0.25, -0.2) is 8.72 Å². The predicted molar refractivity (Wildman–Crippen MR) is 69.5 cm³/mol. The Kier molecular flexibility index (Phi) is 5.61. The van der Waals surface area contributed by atoms with Crippen LogP contribution < -0.4 is 0 Å². The van der Waals surface area contributed by atoms with Crippen LogP contribution in [0, 0.1) is 0 Å². The largest absolute Gasteiger partial charge is 0.443 e. The summed E-state index contributed by atoms with van der Waals surface area (Å²) < 4.78 is 6.53. The zero-order valence-corrected chi connectivity index (χ0v) is 13.1. The topological polar surface area (TPSA) is 29.5 Å². The van der Waals surface area contributed by atoms with Gasteiger partial charge in [0.05, 0.1) is 22.7 Å². The molecule has 0 bridgehead atoms. The highest BCUT2D eigenvalue weighted by molar-refractivity contribution is 9.10. The molecule has 0 rings (SSSR count). The molecule has 0 aliphatic carbocycles. The van der Waals surface area contributed by atoms with Gasteiger partial charge in [0, 0.05) is 4.32 Å². The molecule has 0 fully saturated rings. The van der Waals surface area contributed by atoms with Gasteiger partial charge < -0.3 is 4.74 Å². The summed E-state index contributed by atoms with van der Waals surface area (Å²) >= 11 is 6.75. The number of alkyl halides is 1. The molecular formula is C10H19Br2NO2. The third-order valence-corrected chi connectivity index (χ3v) is 3.15. The lowest BCUT2D eigenvalue weighted by atomic mass is 10.1. The van der Waals surface area contributed by atoms with E-state index in [2.05, 4.69) is 39.0 Å². The zero-order chi connectivity index (χ0) is 12.3. The van der Waals surface area contributed by atoms with Crippen LogP contribution in [0.4, 0.5) is 4.79 Å². The number of carbonyl (C=O) groups is 1. The zero-order valence-electron chi connectivity index (χ0n) is 9.93. The average molecular weight is 345 g/mol. The van der Waals surface area contributed by atoms with Crippen molar-refractivity contribution in [3.63, 3.8) is 0 Å². The quantitative estimate of drug-likeness (QED) is 0.569. The van der Waals surface area contributed by atoms with Gasteiger partial charge in [-0.15, -0.1) is 0 Å². The number of amides is 1. The smallest absolute Gasteiger partial charge is 0.420 e. The summed E-state index contributed by atoms with van der Waals surface area (Å²) in [4.78, 5) is 11.6. The number of rotatable bonds is 3. The van der Waals surface area contributed by atoms with Gasteiger partial charge in [-0.2, -0.15) is 0 Å². The van der Waals surface area contributed by atoms with Crippen LogP contribution in [0.15, 0.2) is 0 Å². The summed E-state index contributed by atoms with van der Waals surface area (Å²) in [5.41, 5.74) is -0.460. The molecule has 15 heavy (non-hydrogen) atoms. The van der Waals surface area contributed by atoms with Gasteiger partial charge in [-0.1, -0.05) is 22.9 Å². The number of nitrogens with zero attached hydrogens (tertiary/aromatic N) is 1. The first-order valence-electron chi connectivity index (χ1n) is 4.92. The average Bonchev–Trinajstić information content (AvgIpc) is 2.00. The van der Waals surface area contributed by atoms with Crippen LogP contribution in [0.5, 0.6) is 0 Å². The Morgan fingerprint density at radius 2 is 1.80 bits per heavy atom. The first kappa shape index (κ1) is 15.2. The number of ether oxygens (including phenoxy) is 1. The molecule has 0 saturated carbocycles. The van der Waals surface area contributed by atoms with Crippen molar-refractivity contribution in [2.24, 2.45) is 0 Å². The van der Waals surface area contributed by atoms with E-state index in [4.69, 9.17) is 4.74 Å². The maximum absolute atomic E-state index is 11.6. The monoisotopic (exact) mass is 343 g/mol. The minimum atomic E-state index is -0.460. The Morgan fingerprint density at radius 1 is 1.33 bits per heavy atom. The van der Waals surface area contributed by atoms with Gasteiger partial charge in [0.1, 0.15) is 5.60 Å². The van der Waals surface area contributed by atoms with Gasteiger partial charge >= 0.3 is 6.09 Å². The molecule has 0 aliphatic rings. The second-order valence-corrected chi connectivity index (χ2v) is 7.54. The fourth-order valence-corrected chi connectivity index (χ4v) is 1.99. The first-order chi connectivity index (χ1) is 6.57. The number of hydrogen-bond donors (Lipinski definition) is 0. The highest BCUT2D eigenvalue weighted by Gasteiger charge is 2.27. The van der Waals surface area contributed by atoms with Gasteiger partial charge in [-0.3, -0.25) is 0 Å². The van der Waals surface area contributed by atoms with Crippen molar-refractivity contribution in [3.05, 3.63) is 0 Å². The van der Waals surface area contributed by atoms with Gasteiger partial charge in [0.15, 0.2) is 0 Å². The van der Waals surface area contributed by atoms with E-state index in [0.717, 1.165) is 6.42 Å². The fraction of sp³-hybridized carbons (Fsp3) is 0.900. The van der Waals surface area contributed by atoms with Crippen LogP contribution in [0.3, 0.4) is 0 Å². The molecule has 0 aromatic rings. The summed E-state index contributed by atoms with van der Waals surface area (Å²) in [5, 5.41) is 0. The second kappa shape index (κ2) is 5.53. The molecule has 3 nitrogen and oxygen atoms in total. The number of carbonyl (C=O) groups excluding carboxylic acids is 1. The van der Waals surface area contributed by atoms with Crippen molar-refractivity contribution in [3.8, 4) is 0 Å². The molecule has 0 N–H and O–H groups in total. The maximum Gasteiger partial charge on any atom is 0.420 e. The molecule has 90 valence electrons. The van der Waals surface area contributed by atoms with Crippen molar-refractivity contribution in [1.82, 2.24) is 3.93 Å². The third kappa shape index (κ3) is 7.17. The number of halogens is 2. The second-order valence-electron chi connectivity index (χ2n) is 4.77. The Morgan fingerprint density at radius 3 is 2.13 bits per heavy atom. The van der Waals surface area contributed by atoms with E-state index in [1.54, 1.807) is 0 Å². The van der Waals surface area contributed by atoms with E-state index in [1.807, 2.05) is 27.7 Å². The maximum atomic E-state index is 11.6. The van der Waals surface area contributed by atoms with Crippen LogP contribution in [-0.4, -0.2) is 26.5 Å². The highest BCUT2D eigenvalue weighted by atomic mass is 79.9. The normalized spacial score (nSPS) is 15.7. The molecule has 0 spiro atoms. The molecule has 0 aromatic carbocycles. The van der Waals surface area contributed by atoms with Crippen LogP contribution >= 0.6 is 32.1 Å². The van der Waals surface area contributed by atoms with Crippen molar-refractivity contribution in [1.29, 1.82) is 0 Å². The molecule has 1 amide bonds. The molecule has 0 saturated heterocycles. The Balaban J connectivity index is 4.23. The fourth-order valence-electron chi connectivity index (χ4n) is 0.777. The van der Waals surface area contributed by atoms with Gasteiger partial charge in [0.25, 0.3) is 0 Å². The van der Waals surface area contributed by atoms with Crippen LogP contribution in [0.1, 0.15) is 41.0 Å². The van der Waals surface area contributed by atoms with Crippen molar-refractivity contribution in [2.75, 3.05) is 6.54 Å². The summed E-state index contributed by atoms with van der Waals surface area (Å²) in [6, 6.07) is 0. The van der Waals surface area contributed by atoms with Gasteiger partial charge in [-0.05, 0) is 34.1 Å². The Hall–Kier alpha value is 0.230. The summed E-state index contributed by atoms with van der Waals surface area (Å²) in [6.45, 7) is 10.2. The van der Waals surface area contributed by atoms with E-state index in [-0.39, 0.29) is 10.4 Å². The molecule has 0 aromatic heterocycles. The van der Waals surface area contributed by atoms with Crippen LogP contribution in [0.2, 0.25) is 0 Å². The lowest BCUT2D eigenvalue weighted by Crippen LogP contribution is -2.37. The van der Waals surface area contributed by atoms with Crippen molar-refractivity contribution < 1.29 is 9.53 Å². The van der Waals surface area contributed by atoms with Gasteiger partial charge in [0.2, 0.25) is 0 Å². The van der Waals surface area contributed by atoms with Crippen molar-refractivity contribution in [2.45, 2.75) is 51.0 Å². The first-order valence-corrected chi connectivity index (χ1v) is 6.43. The molecule has 5 heteroatoms. The lowest BCUT2D eigenvalue weighted by Gasteiger charge is -2.28. The van der Waals surface area contributed by atoms with E-state index in [0.29, 0.717) is 6.54 Å².